The minimum Gasteiger partial charge on any atom is -0.376 e. The fourth-order valence-electron chi connectivity index (χ4n) is 3.60. The average Bonchev–Trinajstić information content (AvgIpc) is 3.03. The molecule has 2 heteroatoms. The summed E-state index contributed by atoms with van der Waals surface area (Å²) in [5, 5.41) is 3.93. The average molecular weight is 237 g/mol. The van der Waals surface area contributed by atoms with Gasteiger partial charge in [0.05, 0.1) is 6.10 Å². The highest BCUT2D eigenvalue weighted by molar-refractivity contribution is 4.94. The lowest BCUT2D eigenvalue weighted by Gasteiger charge is -2.27. The Kier molecular flexibility index (Phi) is 4.02. The molecule has 2 saturated carbocycles. The van der Waals surface area contributed by atoms with Gasteiger partial charge in [-0.1, -0.05) is 32.1 Å². The van der Waals surface area contributed by atoms with Crippen LogP contribution in [0.4, 0.5) is 0 Å². The van der Waals surface area contributed by atoms with Gasteiger partial charge in [0.1, 0.15) is 0 Å². The lowest BCUT2D eigenvalue weighted by atomic mass is 9.95. The van der Waals surface area contributed by atoms with Crippen molar-refractivity contribution in [3.05, 3.63) is 0 Å². The van der Waals surface area contributed by atoms with Gasteiger partial charge in [-0.05, 0) is 38.0 Å². The Labute approximate surface area is 105 Å². The maximum atomic E-state index is 5.92. The molecule has 0 bridgehead atoms. The number of hydrogen-bond acceptors (Lipinski definition) is 2. The van der Waals surface area contributed by atoms with E-state index in [1.165, 1.54) is 64.2 Å². The van der Waals surface area contributed by atoms with Crippen LogP contribution in [0.1, 0.15) is 64.2 Å². The Balaban J connectivity index is 1.49. The highest BCUT2D eigenvalue weighted by atomic mass is 16.5. The van der Waals surface area contributed by atoms with E-state index in [2.05, 4.69) is 5.32 Å². The normalized spacial score (nSPS) is 36.7. The molecule has 1 saturated heterocycles. The number of rotatable bonds is 3. The maximum Gasteiger partial charge on any atom is 0.0757 e. The van der Waals surface area contributed by atoms with Crippen molar-refractivity contribution in [3.63, 3.8) is 0 Å². The molecule has 1 N–H and O–H groups in total. The molecule has 2 unspecified atom stereocenters. The molecule has 0 aromatic carbocycles. The van der Waals surface area contributed by atoms with Crippen molar-refractivity contribution in [2.75, 3.05) is 6.61 Å². The first kappa shape index (κ1) is 12.0. The van der Waals surface area contributed by atoms with E-state index in [9.17, 15) is 0 Å². The van der Waals surface area contributed by atoms with Gasteiger partial charge in [-0.2, -0.15) is 0 Å². The molecule has 0 aromatic rings. The van der Waals surface area contributed by atoms with Gasteiger partial charge in [0.2, 0.25) is 0 Å². The van der Waals surface area contributed by atoms with Crippen molar-refractivity contribution in [2.45, 2.75) is 82.4 Å². The topological polar surface area (TPSA) is 21.3 Å². The second-order valence-corrected chi connectivity index (χ2v) is 6.28. The van der Waals surface area contributed by atoms with Gasteiger partial charge >= 0.3 is 0 Å². The molecule has 3 fully saturated rings. The third-order valence-corrected chi connectivity index (χ3v) is 4.78. The molecular weight excluding hydrogens is 210 g/mol. The van der Waals surface area contributed by atoms with Crippen molar-refractivity contribution in [3.8, 4) is 0 Å². The lowest BCUT2D eigenvalue weighted by Crippen LogP contribution is -2.44. The van der Waals surface area contributed by atoms with Crippen LogP contribution >= 0.6 is 0 Å². The van der Waals surface area contributed by atoms with Gasteiger partial charge in [-0.3, -0.25) is 0 Å². The van der Waals surface area contributed by atoms with Crippen LogP contribution in [0.25, 0.3) is 0 Å². The molecule has 2 atom stereocenters. The molecule has 1 aliphatic heterocycles. The number of hydrogen-bond donors (Lipinski definition) is 1. The lowest BCUT2D eigenvalue weighted by molar-refractivity contribution is 0.0780. The first-order chi connectivity index (χ1) is 8.43. The van der Waals surface area contributed by atoms with Gasteiger partial charge in [-0.25, -0.2) is 0 Å². The van der Waals surface area contributed by atoms with Gasteiger partial charge in [0.25, 0.3) is 0 Å². The largest absolute Gasteiger partial charge is 0.376 e. The van der Waals surface area contributed by atoms with E-state index in [4.69, 9.17) is 4.74 Å². The van der Waals surface area contributed by atoms with E-state index in [-0.39, 0.29) is 0 Å². The van der Waals surface area contributed by atoms with Crippen LogP contribution in [-0.4, -0.2) is 24.8 Å². The van der Waals surface area contributed by atoms with E-state index in [0.717, 1.165) is 18.6 Å². The first-order valence-corrected chi connectivity index (χ1v) is 7.81. The highest BCUT2D eigenvalue weighted by Gasteiger charge is 2.40. The summed E-state index contributed by atoms with van der Waals surface area (Å²) in [7, 11) is 0. The van der Waals surface area contributed by atoms with Crippen LogP contribution in [0.3, 0.4) is 0 Å². The van der Waals surface area contributed by atoms with Crippen LogP contribution in [0.15, 0.2) is 0 Å². The van der Waals surface area contributed by atoms with Crippen LogP contribution in [0.2, 0.25) is 0 Å². The third kappa shape index (κ3) is 3.23. The fourth-order valence-corrected chi connectivity index (χ4v) is 3.60. The van der Waals surface area contributed by atoms with Crippen molar-refractivity contribution in [2.24, 2.45) is 5.92 Å². The molecule has 2 aliphatic carbocycles. The summed E-state index contributed by atoms with van der Waals surface area (Å²) in [6.45, 7) is 0.992. The number of ether oxygens (including phenoxy) is 1. The van der Waals surface area contributed by atoms with Gasteiger partial charge < -0.3 is 10.1 Å². The highest BCUT2D eigenvalue weighted by Crippen LogP contribution is 2.39. The molecule has 3 rings (SSSR count). The second kappa shape index (κ2) is 5.71. The molecule has 17 heavy (non-hydrogen) atoms. The Morgan fingerprint density at radius 3 is 2.18 bits per heavy atom. The molecule has 2 nitrogen and oxygen atoms in total. The molecular formula is C15H27NO. The van der Waals surface area contributed by atoms with Gasteiger partial charge in [0, 0.05) is 18.7 Å². The molecule has 1 heterocycles. The summed E-state index contributed by atoms with van der Waals surface area (Å²) < 4.78 is 5.92. The summed E-state index contributed by atoms with van der Waals surface area (Å²) in [6, 6.07) is 1.45. The van der Waals surface area contributed by atoms with Gasteiger partial charge in [0.15, 0.2) is 0 Å². The Morgan fingerprint density at radius 2 is 1.47 bits per heavy atom. The van der Waals surface area contributed by atoms with Crippen molar-refractivity contribution in [1.29, 1.82) is 0 Å². The Bertz CT molecular complexity index is 231. The minimum absolute atomic E-state index is 0.556. The van der Waals surface area contributed by atoms with Crippen LogP contribution in [-0.2, 0) is 4.74 Å². The van der Waals surface area contributed by atoms with Crippen molar-refractivity contribution in [1.82, 2.24) is 5.32 Å². The molecule has 0 spiro atoms. The Hall–Kier alpha value is -0.0800. The van der Waals surface area contributed by atoms with E-state index < -0.39 is 0 Å². The number of nitrogens with one attached hydrogen (secondary N) is 1. The maximum absolute atomic E-state index is 5.92. The molecule has 3 aliphatic rings. The van der Waals surface area contributed by atoms with Crippen molar-refractivity contribution >= 4 is 0 Å². The predicted molar refractivity (Wildman–Crippen MR) is 70.1 cm³/mol. The van der Waals surface area contributed by atoms with E-state index in [1.54, 1.807) is 0 Å². The third-order valence-electron chi connectivity index (χ3n) is 4.78. The quantitative estimate of drug-likeness (QED) is 0.813. The zero-order valence-corrected chi connectivity index (χ0v) is 11.0. The Morgan fingerprint density at radius 1 is 0.765 bits per heavy atom. The second-order valence-electron chi connectivity index (χ2n) is 6.28. The van der Waals surface area contributed by atoms with Crippen molar-refractivity contribution < 1.29 is 4.74 Å². The molecule has 98 valence electrons. The van der Waals surface area contributed by atoms with Gasteiger partial charge in [-0.15, -0.1) is 0 Å². The minimum atomic E-state index is 0.556. The SMILES string of the molecule is C1CCCC(NC2CCOC2C2CC2)CCC1. The summed E-state index contributed by atoms with van der Waals surface area (Å²) in [4.78, 5) is 0. The summed E-state index contributed by atoms with van der Waals surface area (Å²) >= 11 is 0. The monoisotopic (exact) mass is 237 g/mol. The zero-order chi connectivity index (χ0) is 11.5. The molecule has 0 amide bonds. The van der Waals surface area contributed by atoms with E-state index >= 15 is 0 Å². The van der Waals surface area contributed by atoms with Crippen LogP contribution < -0.4 is 5.32 Å². The molecule has 0 radical (unpaired) electrons. The fraction of sp³-hybridized carbons (Fsp3) is 1.00. The van der Waals surface area contributed by atoms with Crippen LogP contribution in [0.5, 0.6) is 0 Å². The summed E-state index contributed by atoms with van der Waals surface area (Å²) in [6.07, 6.45) is 14.6. The summed E-state index contributed by atoms with van der Waals surface area (Å²) in [5.41, 5.74) is 0. The zero-order valence-electron chi connectivity index (χ0n) is 11.0. The predicted octanol–water partition coefficient (Wildman–Crippen LogP) is 3.26. The standard InChI is InChI=1S/C15H27NO/c1-2-4-6-13(7-5-3-1)16-14-10-11-17-15(14)12-8-9-12/h12-16H,1-11H2. The molecule has 0 aromatic heterocycles. The van der Waals surface area contributed by atoms with E-state index in [0.29, 0.717) is 12.1 Å². The van der Waals surface area contributed by atoms with E-state index in [1.807, 2.05) is 0 Å². The smallest absolute Gasteiger partial charge is 0.0757 e. The van der Waals surface area contributed by atoms with Crippen LogP contribution in [0, 0.1) is 5.92 Å². The first-order valence-electron chi connectivity index (χ1n) is 7.81. The summed E-state index contributed by atoms with van der Waals surface area (Å²) in [5.74, 6) is 0.892.